The van der Waals surface area contributed by atoms with Crippen molar-refractivity contribution in [2.45, 2.75) is 26.7 Å². The minimum absolute atomic E-state index is 0.710. The highest BCUT2D eigenvalue weighted by atomic mass is 35.5. The molecule has 4 heteroatoms. The van der Waals surface area contributed by atoms with E-state index in [1.807, 2.05) is 28.9 Å². The van der Waals surface area contributed by atoms with Crippen molar-refractivity contribution in [2.24, 2.45) is 0 Å². The van der Waals surface area contributed by atoms with Gasteiger partial charge in [-0.15, -0.1) is 0 Å². The lowest BCUT2D eigenvalue weighted by atomic mass is 9.83. The van der Waals surface area contributed by atoms with E-state index in [-0.39, 0.29) is 0 Å². The Hall–Kier alpha value is -3.43. The second-order valence-corrected chi connectivity index (χ2v) is 8.95. The molecule has 0 aliphatic heterocycles. The molecule has 0 atom stereocenters. The molecule has 5 aromatic rings. The first-order valence-electron chi connectivity index (χ1n) is 10.9. The Morgan fingerprint density at radius 2 is 1.59 bits per heavy atom. The van der Waals surface area contributed by atoms with Crippen molar-refractivity contribution < 1.29 is 0 Å². The number of aryl methyl sites for hydroxylation is 3. The van der Waals surface area contributed by atoms with Crippen LogP contribution in [0.5, 0.6) is 0 Å². The van der Waals surface area contributed by atoms with E-state index in [9.17, 15) is 0 Å². The number of hydrogen-bond acceptors (Lipinski definition) is 2. The number of halogens is 1. The molecular weight excluding hydrogens is 414 g/mol. The van der Waals surface area contributed by atoms with E-state index < -0.39 is 0 Å². The van der Waals surface area contributed by atoms with Crippen molar-refractivity contribution in [2.75, 3.05) is 0 Å². The third-order valence-electron chi connectivity index (χ3n) is 6.42. The van der Waals surface area contributed by atoms with Gasteiger partial charge >= 0.3 is 0 Å². The number of nitrogens with zero attached hydrogens (tertiary/aromatic N) is 3. The molecule has 156 valence electrons. The standard InChI is InChI=1S/C28H22ClN3/c1-17-7-9-20(10-8-17)26-24-16-11-19-5-3-4-6-23(19)27(24)30-28-25(26)18(2)31-32(28)22-14-12-21(29)13-15-22/h3-10,12-15H,11,16H2,1-2H3. The molecule has 2 aromatic heterocycles. The molecule has 0 amide bonds. The van der Waals surface area contributed by atoms with E-state index in [1.54, 1.807) is 0 Å². The molecule has 6 rings (SSSR count). The van der Waals surface area contributed by atoms with Gasteiger partial charge in [0.25, 0.3) is 0 Å². The van der Waals surface area contributed by atoms with Crippen molar-refractivity contribution in [1.82, 2.24) is 14.8 Å². The maximum Gasteiger partial charge on any atom is 0.164 e. The van der Waals surface area contributed by atoms with Crippen molar-refractivity contribution >= 4 is 22.6 Å². The van der Waals surface area contributed by atoms with Crippen LogP contribution in [-0.4, -0.2) is 14.8 Å². The van der Waals surface area contributed by atoms with Gasteiger partial charge in [-0.3, -0.25) is 0 Å². The van der Waals surface area contributed by atoms with Crippen LogP contribution in [0.2, 0.25) is 5.02 Å². The van der Waals surface area contributed by atoms with E-state index in [1.165, 1.54) is 33.4 Å². The normalized spacial score (nSPS) is 12.6. The van der Waals surface area contributed by atoms with E-state index in [0.29, 0.717) is 5.02 Å². The average molecular weight is 436 g/mol. The molecule has 1 aliphatic rings. The predicted octanol–water partition coefficient (Wildman–Crippen LogP) is 7.12. The third kappa shape index (κ3) is 2.96. The summed E-state index contributed by atoms with van der Waals surface area (Å²) in [4.78, 5) is 5.25. The quantitative estimate of drug-likeness (QED) is 0.295. The molecule has 0 saturated heterocycles. The number of benzene rings is 3. The zero-order valence-electron chi connectivity index (χ0n) is 18.1. The molecule has 0 unspecified atom stereocenters. The average Bonchev–Trinajstić information content (AvgIpc) is 3.15. The summed E-state index contributed by atoms with van der Waals surface area (Å²) in [5, 5.41) is 6.77. The van der Waals surface area contributed by atoms with Gasteiger partial charge in [0, 0.05) is 10.6 Å². The van der Waals surface area contributed by atoms with Gasteiger partial charge in [0.1, 0.15) is 0 Å². The fraction of sp³-hybridized carbons (Fsp3) is 0.143. The van der Waals surface area contributed by atoms with Gasteiger partial charge < -0.3 is 0 Å². The Morgan fingerprint density at radius 1 is 0.844 bits per heavy atom. The van der Waals surface area contributed by atoms with Crippen LogP contribution in [0.3, 0.4) is 0 Å². The van der Waals surface area contributed by atoms with Crippen LogP contribution in [0.1, 0.15) is 22.4 Å². The van der Waals surface area contributed by atoms with E-state index in [0.717, 1.165) is 41.0 Å². The smallest absolute Gasteiger partial charge is 0.164 e. The summed E-state index contributed by atoms with van der Waals surface area (Å²) < 4.78 is 1.95. The summed E-state index contributed by atoms with van der Waals surface area (Å²) in [5.74, 6) is 0. The van der Waals surface area contributed by atoms with Crippen molar-refractivity contribution in [3.63, 3.8) is 0 Å². The summed E-state index contributed by atoms with van der Waals surface area (Å²) in [5.41, 5.74) is 11.5. The SMILES string of the molecule is Cc1ccc(-c2c3c(nc4c2c(C)nn4-c2ccc(Cl)cc2)-c2ccccc2CC3)cc1. The summed E-state index contributed by atoms with van der Waals surface area (Å²) in [6.07, 6.45) is 2.00. The highest BCUT2D eigenvalue weighted by molar-refractivity contribution is 6.30. The monoisotopic (exact) mass is 435 g/mol. The van der Waals surface area contributed by atoms with Gasteiger partial charge in [-0.25, -0.2) is 9.67 Å². The highest BCUT2D eigenvalue weighted by Crippen LogP contribution is 2.42. The number of hydrogen-bond donors (Lipinski definition) is 0. The summed E-state index contributed by atoms with van der Waals surface area (Å²) >= 11 is 6.15. The van der Waals surface area contributed by atoms with E-state index >= 15 is 0 Å². The number of pyridine rings is 1. The van der Waals surface area contributed by atoms with Crippen LogP contribution >= 0.6 is 11.6 Å². The Bertz CT molecular complexity index is 1480. The van der Waals surface area contributed by atoms with Gasteiger partial charge in [0.2, 0.25) is 0 Å². The second kappa shape index (κ2) is 7.32. The van der Waals surface area contributed by atoms with Gasteiger partial charge in [0.15, 0.2) is 5.65 Å². The number of aromatic nitrogens is 3. The Morgan fingerprint density at radius 3 is 2.38 bits per heavy atom. The molecule has 0 fully saturated rings. The molecule has 0 bridgehead atoms. The molecule has 0 spiro atoms. The number of fused-ring (bicyclic) bond motifs is 4. The maximum atomic E-state index is 6.15. The molecule has 0 N–H and O–H groups in total. The Kier molecular flexibility index (Phi) is 4.41. The molecular formula is C28H22ClN3. The fourth-order valence-electron chi connectivity index (χ4n) is 4.85. The largest absolute Gasteiger partial charge is 0.228 e. The van der Waals surface area contributed by atoms with Crippen molar-refractivity contribution in [3.8, 4) is 28.1 Å². The topological polar surface area (TPSA) is 30.7 Å². The molecule has 0 radical (unpaired) electrons. The van der Waals surface area contributed by atoms with Crippen molar-refractivity contribution in [1.29, 1.82) is 0 Å². The van der Waals surface area contributed by atoms with Gasteiger partial charge in [-0.05, 0) is 73.2 Å². The lowest BCUT2D eigenvalue weighted by Gasteiger charge is -2.23. The first kappa shape index (κ1) is 19.3. The third-order valence-corrected chi connectivity index (χ3v) is 6.67. The van der Waals surface area contributed by atoms with Crippen LogP contribution in [0.25, 0.3) is 39.1 Å². The highest BCUT2D eigenvalue weighted by Gasteiger charge is 2.26. The van der Waals surface area contributed by atoms with Gasteiger partial charge in [-0.1, -0.05) is 65.7 Å². The lowest BCUT2D eigenvalue weighted by molar-refractivity contribution is 0.875. The molecule has 32 heavy (non-hydrogen) atoms. The molecule has 0 saturated carbocycles. The molecule has 3 nitrogen and oxygen atoms in total. The second-order valence-electron chi connectivity index (χ2n) is 8.51. The van der Waals surface area contributed by atoms with Gasteiger partial charge in [-0.2, -0.15) is 5.10 Å². The molecule has 3 aromatic carbocycles. The van der Waals surface area contributed by atoms with Crippen LogP contribution in [-0.2, 0) is 12.8 Å². The van der Waals surface area contributed by atoms with Crippen LogP contribution in [0.15, 0.2) is 72.8 Å². The molecule has 1 aliphatic carbocycles. The predicted molar refractivity (Wildman–Crippen MR) is 132 cm³/mol. The first-order chi connectivity index (χ1) is 15.6. The summed E-state index contributed by atoms with van der Waals surface area (Å²) in [6.45, 7) is 4.21. The molecule has 2 heterocycles. The fourth-order valence-corrected chi connectivity index (χ4v) is 4.98. The lowest BCUT2D eigenvalue weighted by Crippen LogP contribution is -2.09. The minimum Gasteiger partial charge on any atom is -0.228 e. The minimum atomic E-state index is 0.710. The maximum absolute atomic E-state index is 6.15. The van der Waals surface area contributed by atoms with Gasteiger partial charge in [0.05, 0.1) is 22.5 Å². The summed E-state index contributed by atoms with van der Waals surface area (Å²) in [7, 11) is 0. The summed E-state index contributed by atoms with van der Waals surface area (Å²) in [6, 6.07) is 25.2. The van der Waals surface area contributed by atoms with Crippen LogP contribution in [0, 0.1) is 13.8 Å². The number of rotatable bonds is 2. The van der Waals surface area contributed by atoms with Crippen LogP contribution < -0.4 is 0 Å². The zero-order valence-corrected chi connectivity index (χ0v) is 18.8. The Labute approximate surface area is 192 Å². The Balaban J connectivity index is 1.73. The zero-order chi connectivity index (χ0) is 21.8. The van der Waals surface area contributed by atoms with Crippen LogP contribution in [0.4, 0.5) is 0 Å². The van der Waals surface area contributed by atoms with E-state index in [2.05, 4.69) is 62.4 Å². The van der Waals surface area contributed by atoms with Crippen molar-refractivity contribution in [3.05, 3.63) is 100 Å². The first-order valence-corrected chi connectivity index (χ1v) is 11.3. The van der Waals surface area contributed by atoms with E-state index in [4.69, 9.17) is 21.7 Å².